The van der Waals surface area contributed by atoms with Crippen LogP contribution < -0.4 is 5.30 Å². The van der Waals surface area contributed by atoms with E-state index in [4.69, 9.17) is 18.5 Å². The SMILES string of the molecule is C=CC(=O)OC(C)COP(=O)(OCC(C)OC(=O)C=C)c1ccccc1. The molecule has 0 heterocycles. The second-order valence-corrected chi connectivity index (χ2v) is 7.36. The summed E-state index contributed by atoms with van der Waals surface area (Å²) in [6, 6.07) is 8.34. The zero-order valence-electron chi connectivity index (χ0n) is 14.8. The summed E-state index contributed by atoms with van der Waals surface area (Å²) in [6.45, 7) is 9.50. The predicted molar refractivity (Wildman–Crippen MR) is 97.1 cm³/mol. The second-order valence-electron chi connectivity index (χ2n) is 5.33. The lowest BCUT2D eigenvalue weighted by Crippen LogP contribution is -2.23. The third-order valence-corrected chi connectivity index (χ3v) is 4.91. The summed E-state index contributed by atoms with van der Waals surface area (Å²) in [4.78, 5) is 22.4. The van der Waals surface area contributed by atoms with Crippen LogP contribution in [0, 0.1) is 0 Å². The number of ether oxygens (including phenoxy) is 2. The van der Waals surface area contributed by atoms with Gasteiger partial charge in [0.05, 0.1) is 18.5 Å². The van der Waals surface area contributed by atoms with Gasteiger partial charge < -0.3 is 18.5 Å². The maximum atomic E-state index is 13.2. The van der Waals surface area contributed by atoms with Gasteiger partial charge >= 0.3 is 19.5 Å². The van der Waals surface area contributed by atoms with E-state index in [2.05, 4.69) is 13.2 Å². The summed E-state index contributed by atoms with van der Waals surface area (Å²) in [6.07, 6.45) is 0.744. The quantitative estimate of drug-likeness (QED) is 0.330. The Balaban J connectivity index is 2.79. The standard InChI is InChI=1S/C18H23O7P/c1-5-17(19)24-14(3)12-22-26(21,16-10-8-7-9-11-16)23-13-15(4)25-18(20)6-2/h5-11,14-15H,1-2,12-13H2,3-4H3. The van der Waals surface area contributed by atoms with Gasteiger partial charge in [-0.15, -0.1) is 0 Å². The molecular weight excluding hydrogens is 359 g/mol. The molecule has 0 aromatic heterocycles. The van der Waals surface area contributed by atoms with Crippen LogP contribution >= 0.6 is 7.60 Å². The predicted octanol–water partition coefficient (Wildman–Crippen LogP) is 2.77. The van der Waals surface area contributed by atoms with Crippen molar-refractivity contribution in [3.63, 3.8) is 0 Å². The van der Waals surface area contributed by atoms with Crippen LogP contribution in [0.4, 0.5) is 0 Å². The molecule has 1 aromatic rings. The molecule has 0 bridgehead atoms. The van der Waals surface area contributed by atoms with E-state index in [-0.39, 0.29) is 13.2 Å². The first-order valence-corrected chi connectivity index (χ1v) is 9.45. The van der Waals surface area contributed by atoms with Crippen LogP contribution in [-0.4, -0.2) is 37.4 Å². The van der Waals surface area contributed by atoms with E-state index in [0.29, 0.717) is 5.30 Å². The molecule has 0 amide bonds. The molecule has 0 aliphatic rings. The molecule has 0 aliphatic heterocycles. The Morgan fingerprint density at radius 2 is 1.38 bits per heavy atom. The van der Waals surface area contributed by atoms with Crippen molar-refractivity contribution < 1.29 is 32.7 Å². The minimum absolute atomic E-state index is 0.146. The summed E-state index contributed by atoms with van der Waals surface area (Å²) >= 11 is 0. The molecule has 0 spiro atoms. The van der Waals surface area contributed by atoms with Gasteiger partial charge in [-0.05, 0) is 26.0 Å². The maximum Gasteiger partial charge on any atom is 0.361 e. The number of hydrogen-bond acceptors (Lipinski definition) is 7. The van der Waals surface area contributed by atoms with E-state index in [1.54, 1.807) is 44.2 Å². The van der Waals surface area contributed by atoms with E-state index in [0.717, 1.165) is 12.2 Å². The van der Waals surface area contributed by atoms with Crippen molar-refractivity contribution in [2.45, 2.75) is 26.1 Å². The number of esters is 2. The van der Waals surface area contributed by atoms with Crippen LogP contribution in [-0.2, 0) is 32.7 Å². The Hall–Kier alpha value is -2.21. The number of carbonyl (C=O) groups excluding carboxylic acids is 2. The van der Waals surface area contributed by atoms with Gasteiger partial charge in [-0.3, -0.25) is 4.57 Å². The van der Waals surface area contributed by atoms with Crippen LogP contribution in [0.25, 0.3) is 0 Å². The van der Waals surface area contributed by atoms with Crippen molar-refractivity contribution in [3.8, 4) is 0 Å². The fourth-order valence-corrected chi connectivity index (χ4v) is 3.49. The van der Waals surface area contributed by atoms with Crippen molar-refractivity contribution in [3.05, 3.63) is 55.6 Å². The summed E-state index contributed by atoms with van der Waals surface area (Å²) in [5, 5.41) is 0.337. The van der Waals surface area contributed by atoms with Crippen LogP contribution in [0.2, 0.25) is 0 Å². The van der Waals surface area contributed by atoms with Gasteiger partial charge in [0, 0.05) is 12.2 Å². The molecule has 7 nitrogen and oxygen atoms in total. The molecule has 26 heavy (non-hydrogen) atoms. The van der Waals surface area contributed by atoms with E-state index in [1.165, 1.54) is 0 Å². The normalized spacial score (nSPS) is 15.2. The third-order valence-electron chi connectivity index (χ3n) is 3.00. The minimum atomic E-state index is -3.72. The summed E-state index contributed by atoms with van der Waals surface area (Å²) in [5.41, 5.74) is 0. The van der Waals surface area contributed by atoms with Crippen molar-refractivity contribution in [1.29, 1.82) is 0 Å². The molecule has 2 atom stereocenters. The smallest absolute Gasteiger partial charge is 0.361 e. The van der Waals surface area contributed by atoms with Gasteiger partial charge in [0.15, 0.2) is 0 Å². The Kier molecular flexibility index (Phi) is 8.99. The highest BCUT2D eigenvalue weighted by Crippen LogP contribution is 2.47. The Morgan fingerprint density at radius 1 is 0.962 bits per heavy atom. The molecule has 0 radical (unpaired) electrons. The third kappa shape index (κ3) is 7.35. The Bertz CT molecular complexity index is 635. The molecule has 0 saturated heterocycles. The lowest BCUT2D eigenvalue weighted by Gasteiger charge is -2.22. The van der Waals surface area contributed by atoms with E-state index < -0.39 is 31.7 Å². The largest absolute Gasteiger partial charge is 0.457 e. The molecule has 8 heteroatoms. The fraction of sp³-hybridized carbons (Fsp3) is 0.333. The number of benzene rings is 1. The molecule has 0 saturated carbocycles. The van der Waals surface area contributed by atoms with Gasteiger partial charge in [-0.1, -0.05) is 31.4 Å². The summed E-state index contributed by atoms with van der Waals surface area (Å²) in [5.74, 6) is -1.22. The van der Waals surface area contributed by atoms with Crippen LogP contribution in [0.15, 0.2) is 55.6 Å². The monoisotopic (exact) mass is 382 g/mol. The maximum absolute atomic E-state index is 13.2. The molecule has 1 aromatic carbocycles. The lowest BCUT2D eigenvalue weighted by molar-refractivity contribution is -0.143. The molecule has 0 fully saturated rings. The van der Waals surface area contributed by atoms with Gasteiger partial charge in [0.1, 0.15) is 12.2 Å². The molecule has 142 valence electrons. The Morgan fingerprint density at radius 3 is 1.77 bits per heavy atom. The first-order chi connectivity index (χ1) is 12.3. The van der Waals surface area contributed by atoms with E-state index in [1.807, 2.05) is 0 Å². The summed E-state index contributed by atoms with van der Waals surface area (Å²) in [7, 11) is -3.72. The first kappa shape index (κ1) is 21.8. The highest BCUT2D eigenvalue weighted by Gasteiger charge is 2.30. The zero-order valence-corrected chi connectivity index (χ0v) is 15.7. The molecule has 0 aliphatic carbocycles. The van der Waals surface area contributed by atoms with E-state index in [9.17, 15) is 14.2 Å². The fourth-order valence-electron chi connectivity index (χ4n) is 1.76. The van der Waals surface area contributed by atoms with Gasteiger partial charge in [0.2, 0.25) is 0 Å². The van der Waals surface area contributed by atoms with Gasteiger partial charge in [-0.25, -0.2) is 9.59 Å². The lowest BCUT2D eigenvalue weighted by atomic mass is 10.4. The molecule has 1 rings (SSSR count). The molecule has 2 unspecified atom stereocenters. The Labute approximate surface area is 153 Å². The molecular formula is C18H23O7P. The van der Waals surface area contributed by atoms with Gasteiger partial charge in [-0.2, -0.15) is 0 Å². The number of hydrogen-bond donors (Lipinski definition) is 0. The van der Waals surface area contributed by atoms with Crippen molar-refractivity contribution in [1.82, 2.24) is 0 Å². The highest BCUT2D eigenvalue weighted by atomic mass is 31.2. The van der Waals surface area contributed by atoms with Crippen LogP contribution in [0.5, 0.6) is 0 Å². The van der Waals surface area contributed by atoms with Crippen LogP contribution in [0.3, 0.4) is 0 Å². The molecule has 0 N–H and O–H groups in total. The minimum Gasteiger partial charge on any atom is -0.457 e. The highest BCUT2D eigenvalue weighted by molar-refractivity contribution is 7.62. The first-order valence-electron chi connectivity index (χ1n) is 7.91. The van der Waals surface area contributed by atoms with Gasteiger partial charge in [0.25, 0.3) is 0 Å². The van der Waals surface area contributed by atoms with Crippen LogP contribution in [0.1, 0.15) is 13.8 Å². The number of rotatable bonds is 11. The average molecular weight is 382 g/mol. The number of carbonyl (C=O) groups is 2. The van der Waals surface area contributed by atoms with Crippen molar-refractivity contribution >= 4 is 24.8 Å². The average Bonchev–Trinajstić information content (AvgIpc) is 2.65. The summed E-state index contributed by atoms with van der Waals surface area (Å²) < 4.78 is 34.1. The topological polar surface area (TPSA) is 88.1 Å². The van der Waals surface area contributed by atoms with E-state index >= 15 is 0 Å². The zero-order chi connectivity index (χ0) is 19.6. The second kappa shape index (κ2) is 10.7. The van der Waals surface area contributed by atoms with Crippen molar-refractivity contribution in [2.24, 2.45) is 0 Å². The van der Waals surface area contributed by atoms with Crippen molar-refractivity contribution in [2.75, 3.05) is 13.2 Å².